The van der Waals surface area contributed by atoms with Gasteiger partial charge in [-0.05, 0) is 90.6 Å². The smallest absolute Gasteiger partial charge is 0.307 e. The first kappa shape index (κ1) is 63.9. The summed E-state index contributed by atoms with van der Waals surface area (Å²) >= 11 is 0. The third-order valence-corrected chi connectivity index (χ3v) is 12.6. The normalized spacial score (nSPS) is 11.4. The summed E-state index contributed by atoms with van der Waals surface area (Å²) in [7, 11) is 0. The molecule has 0 aliphatic carbocycles. The lowest BCUT2D eigenvalue weighted by Gasteiger charge is -2.22. The van der Waals surface area contributed by atoms with Gasteiger partial charge in [0.25, 0.3) is 0 Å². The van der Waals surface area contributed by atoms with E-state index in [2.05, 4.69) is 42.8 Å². The van der Waals surface area contributed by atoms with Gasteiger partial charge >= 0.3 is 11.9 Å². The molecular weight excluding hydrogens is 779 g/mol. The van der Waals surface area contributed by atoms with Crippen molar-refractivity contribution in [1.29, 1.82) is 0 Å². The van der Waals surface area contributed by atoms with Gasteiger partial charge in [0, 0.05) is 13.1 Å². The zero-order chi connectivity index (χ0) is 46.4. The van der Waals surface area contributed by atoms with Crippen LogP contribution in [-0.4, -0.2) is 87.3 Å². The van der Waals surface area contributed by atoms with Crippen LogP contribution in [0.15, 0.2) is 0 Å². The summed E-state index contributed by atoms with van der Waals surface area (Å²) < 4.78 is 11.3. The van der Waals surface area contributed by atoms with Gasteiger partial charge < -0.3 is 24.6 Å². The van der Waals surface area contributed by atoms with Gasteiger partial charge in [-0.15, -0.1) is 0 Å². The van der Waals surface area contributed by atoms with Gasteiger partial charge in [0.2, 0.25) is 0 Å². The van der Waals surface area contributed by atoms with Crippen LogP contribution in [0.1, 0.15) is 286 Å². The van der Waals surface area contributed by atoms with Crippen molar-refractivity contribution >= 4 is 11.9 Å². The van der Waals surface area contributed by atoms with Crippen molar-refractivity contribution in [1.82, 2.24) is 15.1 Å². The molecule has 0 aromatic rings. The van der Waals surface area contributed by atoms with Crippen molar-refractivity contribution in [2.75, 3.05) is 65.6 Å². The van der Waals surface area contributed by atoms with E-state index in [0.29, 0.717) is 26.1 Å². The molecule has 1 N–H and O–H groups in total. The maximum Gasteiger partial charge on any atom is 0.307 e. The average Bonchev–Trinajstić information content (AvgIpc) is 3.30. The Bertz CT molecular complexity index is 766. The second-order valence-electron chi connectivity index (χ2n) is 18.7. The van der Waals surface area contributed by atoms with Gasteiger partial charge in [-0.3, -0.25) is 9.59 Å². The monoisotopic (exact) mass is 894 g/mol. The molecule has 0 aliphatic heterocycles. The molecule has 0 rings (SSSR count). The van der Waals surface area contributed by atoms with Gasteiger partial charge in [-0.2, -0.15) is 0 Å². The highest BCUT2D eigenvalue weighted by Crippen LogP contribution is 2.14. The Hall–Kier alpha value is -1.18. The molecule has 0 aromatic carbocycles. The highest BCUT2D eigenvalue weighted by atomic mass is 16.5. The zero-order valence-corrected chi connectivity index (χ0v) is 44.0. The third-order valence-electron chi connectivity index (χ3n) is 12.6. The first-order valence-corrected chi connectivity index (χ1v) is 28.5. The molecule has 0 unspecified atom stereocenters. The topological polar surface area (TPSA) is 71.1 Å². The lowest BCUT2D eigenvalue weighted by molar-refractivity contribution is -0.145. The third kappa shape index (κ3) is 53.3. The fourth-order valence-corrected chi connectivity index (χ4v) is 8.39. The maximum atomic E-state index is 12.6. The Morgan fingerprint density at radius 3 is 0.810 bits per heavy atom. The van der Waals surface area contributed by atoms with E-state index in [1.165, 1.54) is 205 Å². The molecule has 7 nitrogen and oxygen atoms in total. The Kier molecular flexibility index (Phi) is 57.8. The zero-order valence-electron chi connectivity index (χ0n) is 44.0. The molecule has 0 heterocycles. The Labute approximate surface area is 395 Å². The maximum absolute atomic E-state index is 12.6. The summed E-state index contributed by atoms with van der Waals surface area (Å²) in [5.74, 6) is -0.0851. The molecule has 0 atom stereocenters. The van der Waals surface area contributed by atoms with Crippen LogP contribution in [0.2, 0.25) is 0 Å². The number of unbranched alkanes of at least 4 members (excludes halogenated alkanes) is 30. The number of esters is 2. The van der Waals surface area contributed by atoms with E-state index in [1.54, 1.807) is 0 Å². The summed E-state index contributed by atoms with van der Waals surface area (Å²) in [6, 6.07) is 0. The first-order chi connectivity index (χ1) is 31.1. The highest BCUT2D eigenvalue weighted by molar-refractivity contribution is 5.69. The summed E-state index contributed by atoms with van der Waals surface area (Å²) in [5.41, 5.74) is 0. The van der Waals surface area contributed by atoms with E-state index in [1.807, 2.05) is 13.8 Å². The van der Waals surface area contributed by atoms with Crippen molar-refractivity contribution in [3.63, 3.8) is 0 Å². The van der Waals surface area contributed by atoms with Crippen LogP contribution in [-0.2, 0) is 19.1 Å². The molecule has 0 aliphatic rings. The molecule has 0 saturated heterocycles. The largest absolute Gasteiger partial charge is 0.466 e. The summed E-state index contributed by atoms with van der Waals surface area (Å²) in [5, 5.41) is 3.51. The molecule has 0 saturated carbocycles. The van der Waals surface area contributed by atoms with E-state index in [0.717, 1.165) is 78.0 Å². The first-order valence-electron chi connectivity index (χ1n) is 28.5. The number of rotatable bonds is 52. The van der Waals surface area contributed by atoms with Crippen LogP contribution in [0.25, 0.3) is 0 Å². The van der Waals surface area contributed by atoms with E-state index in [-0.39, 0.29) is 11.9 Å². The van der Waals surface area contributed by atoms with Gasteiger partial charge in [0.15, 0.2) is 0 Å². The quantitative estimate of drug-likeness (QED) is 0.0482. The van der Waals surface area contributed by atoms with Crippen molar-refractivity contribution in [3.05, 3.63) is 0 Å². The van der Waals surface area contributed by atoms with Crippen molar-refractivity contribution < 1.29 is 19.1 Å². The Morgan fingerprint density at radius 2 is 0.556 bits per heavy atom. The molecular formula is C56H115N3O4. The minimum Gasteiger partial charge on any atom is -0.466 e. The van der Waals surface area contributed by atoms with Gasteiger partial charge in [-0.1, -0.05) is 221 Å². The average molecular weight is 895 g/mol. The molecule has 0 spiro atoms. The number of carbonyl (C=O) groups is 2. The molecule has 63 heavy (non-hydrogen) atoms. The fourth-order valence-electron chi connectivity index (χ4n) is 8.39. The minimum absolute atomic E-state index is 0.0425. The van der Waals surface area contributed by atoms with Crippen LogP contribution in [0, 0.1) is 0 Å². The minimum atomic E-state index is -0.0425. The lowest BCUT2D eigenvalue weighted by atomic mass is 10.1. The number of hydrogen-bond acceptors (Lipinski definition) is 7. The fraction of sp³-hybridized carbons (Fsp3) is 0.964. The van der Waals surface area contributed by atoms with Crippen molar-refractivity contribution in [2.45, 2.75) is 286 Å². The predicted octanol–water partition coefficient (Wildman–Crippen LogP) is 16.2. The van der Waals surface area contributed by atoms with Crippen LogP contribution in [0.3, 0.4) is 0 Å². The second kappa shape index (κ2) is 56.9. The second-order valence-corrected chi connectivity index (χ2v) is 18.7. The number of ether oxygens (including phenoxy) is 2. The van der Waals surface area contributed by atoms with Gasteiger partial charge in [-0.25, -0.2) is 0 Å². The van der Waals surface area contributed by atoms with Gasteiger partial charge in [0.05, 0.1) is 26.1 Å². The molecule has 0 aromatic heterocycles. The molecule has 0 fully saturated rings. The summed E-state index contributed by atoms with van der Waals surface area (Å²) in [4.78, 5) is 30.3. The van der Waals surface area contributed by atoms with E-state index < -0.39 is 0 Å². The lowest BCUT2D eigenvalue weighted by Crippen LogP contribution is -2.29. The molecule has 378 valence electrons. The SMILES string of the molecule is CC.CCCCCCCCCCN(CCCCCCCCCC)CCC(=O)OCCCCNCCCCOC(=O)CCN(CCCCCCCCCC)CCCCCCCCCC. The van der Waals surface area contributed by atoms with E-state index >= 15 is 0 Å². The van der Waals surface area contributed by atoms with Crippen LogP contribution in [0.4, 0.5) is 0 Å². The van der Waals surface area contributed by atoms with E-state index in [4.69, 9.17) is 9.47 Å². The summed E-state index contributed by atoms with van der Waals surface area (Å²) in [6.45, 7) is 22.1. The van der Waals surface area contributed by atoms with E-state index in [9.17, 15) is 9.59 Å². The van der Waals surface area contributed by atoms with Crippen LogP contribution in [0.5, 0.6) is 0 Å². The Balaban J connectivity index is 0. The van der Waals surface area contributed by atoms with Crippen LogP contribution < -0.4 is 5.32 Å². The predicted molar refractivity (Wildman–Crippen MR) is 277 cm³/mol. The Morgan fingerprint density at radius 1 is 0.317 bits per heavy atom. The van der Waals surface area contributed by atoms with Gasteiger partial charge in [0.1, 0.15) is 0 Å². The van der Waals surface area contributed by atoms with Crippen molar-refractivity contribution in [3.8, 4) is 0 Å². The number of carbonyl (C=O) groups excluding carboxylic acids is 2. The molecule has 0 bridgehead atoms. The number of nitrogens with zero attached hydrogens (tertiary/aromatic N) is 2. The molecule has 0 amide bonds. The molecule has 0 radical (unpaired) electrons. The standard InChI is InChI=1S/C54H109N3O4.C2H6/c1-5-9-13-17-21-25-29-35-45-56(46-36-30-26-22-18-14-10-6-2)49-41-53(58)60-51-39-33-43-55-44-34-40-52-61-54(59)42-50-57(47-37-31-27-23-19-15-11-7-3)48-38-32-28-24-20-16-12-8-4;1-2/h55H,5-52H2,1-4H3;1-2H3. The van der Waals surface area contributed by atoms with Crippen LogP contribution >= 0.6 is 0 Å². The number of hydrogen-bond donors (Lipinski definition) is 1. The number of nitrogens with one attached hydrogen (secondary N) is 1. The summed E-state index contributed by atoms with van der Waals surface area (Å²) in [6.07, 6.45) is 47.7. The van der Waals surface area contributed by atoms with Crippen molar-refractivity contribution in [2.24, 2.45) is 0 Å². The molecule has 7 heteroatoms. The highest BCUT2D eigenvalue weighted by Gasteiger charge is 2.11.